The Bertz CT molecular complexity index is 371. The van der Waals surface area contributed by atoms with Crippen LogP contribution in [-0.2, 0) is 15.9 Å². The van der Waals surface area contributed by atoms with Crippen LogP contribution in [0, 0.1) is 0 Å². The Morgan fingerprint density at radius 3 is 2.55 bits per heavy atom. The lowest BCUT2D eigenvalue weighted by atomic mass is 10.1. The van der Waals surface area contributed by atoms with Crippen LogP contribution in [0.3, 0.4) is 0 Å². The lowest BCUT2D eigenvalue weighted by Crippen LogP contribution is -2.09. The van der Waals surface area contributed by atoms with Crippen LogP contribution >= 0.6 is 0 Å². The molecule has 5 nitrogen and oxygen atoms in total. The molecule has 0 spiro atoms. The molecule has 0 aliphatic rings. The van der Waals surface area contributed by atoms with Crippen molar-refractivity contribution in [2.75, 3.05) is 47.2 Å². The largest absolute Gasteiger partial charge is 0.493 e. The van der Waals surface area contributed by atoms with Crippen LogP contribution in [0.25, 0.3) is 0 Å². The highest BCUT2D eigenvalue weighted by molar-refractivity contribution is 5.43. The zero-order valence-electron chi connectivity index (χ0n) is 12.4. The quantitative estimate of drug-likeness (QED) is 0.625. The molecule has 20 heavy (non-hydrogen) atoms. The first kappa shape index (κ1) is 16.8. The second-order valence-electron chi connectivity index (χ2n) is 4.33. The Morgan fingerprint density at radius 1 is 1.00 bits per heavy atom. The molecule has 0 amide bonds. The van der Waals surface area contributed by atoms with E-state index in [4.69, 9.17) is 24.7 Å². The summed E-state index contributed by atoms with van der Waals surface area (Å²) >= 11 is 0. The van der Waals surface area contributed by atoms with Crippen LogP contribution in [-0.4, -0.2) is 47.2 Å². The van der Waals surface area contributed by atoms with E-state index in [9.17, 15) is 0 Å². The second-order valence-corrected chi connectivity index (χ2v) is 4.33. The molecule has 0 atom stereocenters. The second kappa shape index (κ2) is 10.5. The van der Waals surface area contributed by atoms with E-state index in [0.29, 0.717) is 26.4 Å². The van der Waals surface area contributed by atoms with E-state index < -0.39 is 0 Å². The van der Waals surface area contributed by atoms with Crippen molar-refractivity contribution in [2.45, 2.75) is 12.8 Å². The molecule has 0 aliphatic carbocycles. The smallest absolute Gasteiger partial charge is 0.161 e. The predicted molar refractivity (Wildman–Crippen MR) is 78.6 cm³/mol. The van der Waals surface area contributed by atoms with Crippen molar-refractivity contribution in [3.63, 3.8) is 0 Å². The van der Waals surface area contributed by atoms with Gasteiger partial charge in [0.1, 0.15) is 6.61 Å². The standard InChI is InChI=1S/C15H25NO4/c1-17-8-3-9-19-10-11-20-15-12-13(6-7-16)4-5-14(15)18-2/h4-5,12H,3,6-11,16H2,1-2H3. The summed E-state index contributed by atoms with van der Waals surface area (Å²) in [5.74, 6) is 1.46. The molecular weight excluding hydrogens is 258 g/mol. The molecule has 1 rings (SSSR count). The number of hydrogen-bond acceptors (Lipinski definition) is 5. The highest BCUT2D eigenvalue weighted by Crippen LogP contribution is 2.28. The highest BCUT2D eigenvalue weighted by atomic mass is 16.5. The van der Waals surface area contributed by atoms with Gasteiger partial charge >= 0.3 is 0 Å². The summed E-state index contributed by atoms with van der Waals surface area (Å²) in [5.41, 5.74) is 6.70. The monoisotopic (exact) mass is 283 g/mol. The molecule has 0 fully saturated rings. The van der Waals surface area contributed by atoms with Crippen LogP contribution in [0.2, 0.25) is 0 Å². The Hall–Kier alpha value is -1.30. The van der Waals surface area contributed by atoms with Crippen LogP contribution in [0.4, 0.5) is 0 Å². The number of benzene rings is 1. The van der Waals surface area contributed by atoms with Gasteiger partial charge in [-0.25, -0.2) is 0 Å². The number of nitrogens with two attached hydrogens (primary N) is 1. The Morgan fingerprint density at radius 2 is 1.85 bits per heavy atom. The number of hydrogen-bond donors (Lipinski definition) is 1. The molecule has 0 saturated heterocycles. The van der Waals surface area contributed by atoms with Gasteiger partial charge in [-0.05, 0) is 37.1 Å². The minimum absolute atomic E-state index is 0.495. The summed E-state index contributed by atoms with van der Waals surface area (Å²) < 4.78 is 21.4. The summed E-state index contributed by atoms with van der Waals surface area (Å²) in [7, 11) is 3.32. The van der Waals surface area contributed by atoms with Crippen molar-refractivity contribution in [1.82, 2.24) is 0 Å². The summed E-state index contributed by atoms with van der Waals surface area (Å²) in [5, 5.41) is 0. The maximum Gasteiger partial charge on any atom is 0.161 e. The van der Waals surface area contributed by atoms with Crippen molar-refractivity contribution in [2.24, 2.45) is 5.73 Å². The lowest BCUT2D eigenvalue weighted by molar-refractivity contribution is 0.0799. The van der Waals surface area contributed by atoms with Gasteiger partial charge in [0, 0.05) is 20.3 Å². The van der Waals surface area contributed by atoms with Gasteiger partial charge in [-0.15, -0.1) is 0 Å². The Kier molecular flexibility index (Phi) is 8.78. The van der Waals surface area contributed by atoms with Crippen molar-refractivity contribution in [3.05, 3.63) is 23.8 Å². The van der Waals surface area contributed by atoms with Gasteiger partial charge in [0.15, 0.2) is 11.5 Å². The highest BCUT2D eigenvalue weighted by Gasteiger charge is 2.05. The molecule has 114 valence electrons. The molecule has 1 aromatic rings. The van der Waals surface area contributed by atoms with E-state index in [1.54, 1.807) is 14.2 Å². The number of methoxy groups -OCH3 is 2. The van der Waals surface area contributed by atoms with E-state index in [0.717, 1.165) is 36.5 Å². The van der Waals surface area contributed by atoms with E-state index in [1.807, 2.05) is 18.2 Å². The van der Waals surface area contributed by atoms with Gasteiger partial charge in [0.05, 0.1) is 13.7 Å². The van der Waals surface area contributed by atoms with Crippen LogP contribution in [0.15, 0.2) is 18.2 Å². The van der Waals surface area contributed by atoms with Crippen molar-refractivity contribution < 1.29 is 18.9 Å². The summed E-state index contributed by atoms with van der Waals surface area (Å²) in [4.78, 5) is 0. The van der Waals surface area contributed by atoms with E-state index >= 15 is 0 Å². The van der Waals surface area contributed by atoms with E-state index in [1.165, 1.54) is 0 Å². The fourth-order valence-corrected chi connectivity index (χ4v) is 1.77. The summed E-state index contributed by atoms with van der Waals surface area (Å²) in [6.45, 7) is 3.06. The van der Waals surface area contributed by atoms with Crippen molar-refractivity contribution in [1.29, 1.82) is 0 Å². The third kappa shape index (κ3) is 6.23. The molecule has 0 unspecified atom stereocenters. The van der Waals surface area contributed by atoms with Crippen LogP contribution in [0.5, 0.6) is 11.5 Å². The van der Waals surface area contributed by atoms with Crippen molar-refractivity contribution >= 4 is 0 Å². The third-order valence-electron chi connectivity index (χ3n) is 2.78. The van der Waals surface area contributed by atoms with Crippen LogP contribution < -0.4 is 15.2 Å². The van der Waals surface area contributed by atoms with Crippen LogP contribution in [0.1, 0.15) is 12.0 Å². The van der Waals surface area contributed by atoms with Gasteiger partial charge in [-0.2, -0.15) is 0 Å². The molecule has 0 heterocycles. The molecule has 0 aliphatic heterocycles. The molecule has 0 bridgehead atoms. The Labute approximate surface area is 121 Å². The minimum atomic E-state index is 0.495. The van der Waals surface area contributed by atoms with E-state index in [-0.39, 0.29) is 0 Å². The lowest BCUT2D eigenvalue weighted by Gasteiger charge is -2.12. The minimum Gasteiger partial charge on any atom is -0.493 e. The molecule has 1 aromatic carbocycles. The average Bonchev–Trinajstić information content (AvgIpc) is 2.47. The first-order valence-electron chi connectivity index (χ1n) is 6.88. The van der Waals surface area contributed by atoms with Gasteiger partial charge in [0.25, 0.3) is 0 Å². The zero-order valence-corrected chi connectivity index (χ0v) is 12.4. The Balaban J connectivity index is 2.35. The van der Waals surface area contributed by atoms with E-state index in [2.05, 4.69) is 0 Å². The molecule has 5 heteroatoms. The van der Waals surface area contributed by atoms with Crippen molar-refractivity contribution in [3.8, 4) is 11.5 Å². The molecular formula is C15H25NO4. The average molecular weight is 283 g/mol. The topological polar surface area (TPSA) is 62.9 Å². The first-order chi connectivity index (χ1) is 9.81. The van der Waals surface area contributed by atoms with Gasteiger partial charge in [-0.1, -0.05) is 6.07 Å². The van der Waals surface area contributed by atoms with Gasteiger partial charge in [0.2, 0.25) is 0 Å². The predicted octanol–water partition coefficient (Wildman–Crippen LogP) is 1.63. The molecule has 0 aromatic heterocycles. The SMILES string of the molecule is COCCCOCCOc1cc(CCN)ccc1OC. The summed E-state index contributed by atoms with van der Waals surface area (Å²) in [6.07, 6.45) is 1.72. The molecule has 0 radical (unpaired) electrons. The molecule has 0 saturated carbocycles. The normalized spacial score (nSPS) is 10.6. The maximum absolute atomic E-state index is 5.70. The van der Waals surface area contributed by atoms with Gasteiger partial charge < -0.3 is 24.7 Å². The fourth-order valence-electron chi connectivity index (χ4n) is 1.77. The molecule has 2 N–H and O–H groups in total. The first-order valence-corrected chi connectivity index (χ1v) is 6.88. The fraction of sp³-hybridized carbons (Fsp3) is 0.600. The maximum atomic E-state index is 5.70. The number of ether oxygens (including phenoxy) is 4. The van der Waals surface area contributed by atoms with Gasteiger partial charge in [-0.3, -0.25) is 0 Å². The number of rotatable bonds is 11. The zero-order chi connectivity index (χ0) is 14.6. The summed E-state index contributed by atoms with van der Waals surface area (Å²) in [6, 6.07) is 5.87. The third-order valence-corrected chi connectivity index (χ3v) is 2.78.